The number of nitrogens with zero attached hydrogens (tertiary/aromatic N) is 2. The van der Waals surface area contributed by atoms with Gasteiger partial charge in [-0.05, 0) is 31.0 Å². The predicted octanol–water partition coefficient (Wildman–Crippen LogP) is 1.72. The lowest BCUT2D eigenvalue weighted by molar-refractivity contribution is 0.283. The molecule has 5 heteroatoms. The number of nitrogens with two attached hydrogens (primary N) is 1. The first-order valence-electron chi connectivity index (χ1n) is 5.40. The van der Waals surface area contributed by atoms with Crippen LogP contribution in [-0.4, -0.2) is 10.1 Å². The maximum Gasteiger partial charge on any atom is 0.240 e. The molecule has 17 heavy (non-hydrogen) atoms. The lowest BCUT2D eigenvalue weighted by atomic mass is 10.1. The lowest BCUT2D eigenvalue weighted by Gasteiger charge is -2.07. The number of aryl methyl sites for hydroxylation is 2. The van der Waals surface area contributed by atoms with E-state index in [0.717, 1.165) is 16.9 Å². The second-order valence-corrected chi connectivity index (χ2v) is 3.87. The van der Waals surface area contributed by atoms with Gasteiger partial charge in [0.05, 0.1) is 6.54 Å². The molecular weight excluding hydrogens is 218 g/mol. The summed E-state index contributed by atoms with van der Waals surface area (Å²) in [5.74, 6) is 1.76. The van der Waals surface area contributed by atoms with Gasteiger partial charge in [-0.1, -0.05) is 17.3 Å². The highest BCUT2D eigenvalue weighted by molar-refractivity contribution is 5.35. The van der Waals surface area contributed by atoms with Crippen LogP contribution in [0, 0.1) is 13.8 Å². The molecule has 0 aliphatic rings. The molecule has 2 aromatic rings. The van der Waals surface area contributed by atoms with Crippen LogP contribution >= 0.6 is 0 Å². The van der Waals surface area contributed by atoms with Crippen LogP contribution in [0.1, 0.15) is 22.8 Å². The Balaban J connectivity index is 2.04. The molecule has 1 aromatic heterocycles. The molecule has 0 aliphatic heterocycles. The van der Waals surface area contributed by atoms with Crippen LogP contribution in [0.3, 0.4) is 0 Å². The van der Waals surface area contributed by atoms with Crippen molar-refractivity contribution in [2.45, 2.75) is 27.0 Å². The third-order valence-corrected chi connectivity index (χ3v) is 2.39. The SMILES string of the molecule is Cc1ccc(C)c(OCc2noc(CN)n2)c1. The Labute approximate surface area is 99.6 Å². The summed E-state index contributed by atoms with van der Waals surface area (Å²) in [6.45, 7) is 4.55. The second kappa shape index (κ2) is 4.97. The van der Waals surface area contributed by atoms with Crippen LogP contribution in [0.4, 0.5) is 0 Å². The fraction of sp³-hybridized carbons (Fsp3) is 0.333. The van der Waals surface area contributed by atoms with E-state index in [2.05, 4.69) is 10.1 Å². The van der Waals surface area contributed by atoms with Gasteiger partial charge in [0, 0.05) is 0 Å². The van der Waals surface area contributed by atoms with Crippen LogP contribution in [0.25, 0.3) is 0 Å². The van der Waals surface area contributed by atoms with Crippen molar-refractivity contribution in [3.8, 4) is 5.75 Å². The van der Waals surface area contributed by atoms with Gasteiger partial charge in [0.25, 0.3) is 0 Å². The summed E-state index contributed by atoms with van der Waals surface area (Å²) in [6.07, 6.45) is 0. The van der Waals surface area contributed by atoms with Crippen LogP contribution < -0.4 is 10.5 Å². The molecule has 90 valence electrons. The highest BCUT2D eigenvalue weighted by Gasteiger charge is 2.06. The van der Waals surface area contributed by atoms with Gasteiger partial charge in [-0.25, -0.2) is 0 Å². The molecule has 0 bridgehead atoms. The summed E-state index contributed by atoms with van der Waals surface area (Å²) in [4.78, 5) is 4.07. The van der Waals surface area contributed by atoms with Crippen molar-refractivity contribution >= 4 is 0 Å². The minimum Gasteiger partial charge on any atom is -0.485 e. The van der Waals surface area contributed by atoms with Crippen molar-refractivity contribution in [1.82, 2.24) is 10.1 Å². The van der Waals surface area contributed by atoms with E-state index in [1.54, 1.807) is 0 Å². The average Bonchev–Trinajstić information content (AvgIpc) is 2.78. The Morgan fingerprint density at radius 2 is 2.18 bits per heavy atom. The van der Waals surface area contributed by atoms with Crippen molar-refractivity contribution < 1.29 is 9.26 Å². The summed E-state index contributed by atoms with van der Waals surface area (Å²) < 4.78 is 10.5. The zero-order valence-electron chi connectivity index (χ0n) is 9.93. The van der Waals surface area contributed by atoms with Gasteiger partial charge >= 0.3 is 0 Å². The predicted molar refractivity (Wildman–Crippen MR) is 62.4 cm³/mol. The van der Waals surface area contributed by atoms with Gasteiger partial charge in [-0.2, -0.15) is 4.98 Å². The molecule has 1 aromatic carbocycles. The van der Waals surface area contributed by atoms with Crippen LogP contribution in [-0.2, 0) is 13.2 Å². The molecule has 0 amide bonds. The van der Waals surface area contributed by atoms with Crippen molar-refractivity contribution in [3.63, 3.8) is 0 Å². The lowest BCUT2D eigenvalue weighted by Crippen LogP contribution is -2.00. The van der Waals surface area contributed by atoms with E-state index in [0.29, 0.717) is 11.7 Å². The maximum absolute atomic E-state index is 5.64. The molecule has 0 saturated heterocycles. The quantitative estimate of drug-likeness (QED) is 0.870. The number of aromatic nitrogens is 2. The average molecular weight is 233 g/mol. The van der Waals surface area contributed by atoms with E-state index < -0.39 is 0 Å². The number of hydrogen-bond acceptors (Lipinski definition) is 5. The molecule has 0 aliphatic carbocycles. The van der Waals surface area contributed by atoms with Gasteiger partial charge in [-0.3, -0.25) is 0 Å². The number of rotatable bonds is 4. The summed E-state index contributed by atoms with van der Waals surface area (Å²) in [6, 6.07) is 6.05. The zero-order valence-corrected chi connectivity index (χ0v) is 9.93. The van der Waals surface area contributed by atoms with Crippen LogP contribution in [0.15, 0.2) is 22.7 Å². The molecule has 2 N–H and O–H groups in total. The Morgan fingerprint density at radius 3 is 2.88 bits per heavy atom. The van der Waals surface area contributed by atoms with E-state index in [1.165, 1.54) is 0 Å². The normalized spacial score (nSPS) is 10.5. The topological polar surface area (TPSA) is 74.2 Å². The van der Waals surface area contributed by atoms with E-state index in [-0.39, 0.29) is 13.2 Å². The fourth-order valence-electron chi connectivity index (χ4n) is 1.44. The monoisotopic (exact) mass is 233 g/mol. The van der Waals surface area contributed by atoms with Crippen molar-refractivity contribution in [3.05, 3.63) is 41.0 Å². The molecule has 0 saturated carbocycles. The third-order valence-electron chi connectivity index (χ3n) is 2.39. The molecule has 0 fully saturated rings. The van der Waals surface area contributed by atoms with Gasteiger partial charge in [-0.15, -0.1) is 0 Å². The van der Waals surface area contributed by atoms with E-state index in [1.807, 2.05) is 32.0 Å². The van der Waals surface area contributed by atoms with Crippen molar-refractivity contribution in [1.29, 1.82) is 0 Å². The number of ether oxygens (including phenoxy) is 1. The van der Waals surface area contributed by atoms with Gasteiger partial charge in [0.15, 0.2) is 6.61 Å². The summed E-state index contributed by atoms with van der Waals surface area (Å²) >= 11 is 0. The molecular formula is C12H15N3O2. The molecule has 0 unspecified atom stereocenters. The molecule has 2 rings (SSSR count). The first kappa shape index (κ1) is 11.6. The van der Waals surface area contributed by atoms with Gasteiger partial charge in [0.1, 0.15) is 5.75 Å². The van der Waals surface area contributed by atoms with E-state index in [4.69, 9.17) is 15.0 Å². The largest absolute Gasteiger partial charge is 0.485 e. The molecule has 5 nitrogen and oxygen atoms in total. The highest BCUT2D eigenvalue weighted by atomic mass is 16.5. The smallest absolute Gasteiger partial charge is 0.240 e. The Hall–Kier alpha value is -1.88. The first-order valence-corrected chi connectivity index (χ1v) is 5.40. The van der Waals surface area contributed by atoms with Crippen molar-refractivity contribution in [2.75, 3.05) is 0 Å². The number of benzene rings is 1. The fourth-order valence-corrected chi connectivity index (χ4v) is 1.44. The Kier molecular flexibility index (Phi) is 3.39. The molecule has 0 atom stereocenters. The summed E-state index contributed by atoms with van der Waals surface area (Å²) in [5, 5.41) is 3.76. The van der Waals surface area contributed by atoms with Crippen molar-refractivity contribution in [2.24, 2.45) is 5.73 Å². The molecule has 0 spiro atoms. The Bertz CT molecular complexity index is 508. The van der Waals surface area contributed by atoms with E-state index >= 15 is 0 Å². The third kappa shape index (κ3) is 2.82. The highest BCUT2D eigenvalue weighted by Crippen LogP contribution is 2.19. The van der Waals surface area contributed by atoms with Crippen LogP contribution in [0.5, 0.6) is 5.75 Å². The maximum atomic E-state index is 5.64. The molecule has 0 radical (unpaired) electrons. The number of hydrogen-bond donors (Lipinski definition) is 1. The van der Waals surface area contributed by atoms with Crippen LogP contribution in [0.2, 0.25) is 0 Å². The summed E-state index contributed by atoms with van der Waals surface area (Å²) in [5.41, 5.74) is 7.61. The summed E-state index contributed by atoms with van der Waals surface area (Å²) in [7, 11) is 0. The molecule has 1 heterocycles. The van der Waals surface area contributed by atoms with E-state index in [9.17, 15) is 0 Å². The minimum atomic E-state index is 0.247. The van der Waals surface area contributed by atoms with Gasteiger partial charge in [0.2, 0.25) is 11.7 Å². The minimum absolute atomic E-state index is 0.247. The second-order valence-electron chi connectivity index (χ2n) is 3.87. The standard InChI is InChI=1S/C12H15N3O2/c1-8-3-4-9(2)10(5-8)16-7-11-14-12(6-13)17-15-11/h3-5H,6-7,13H2,1-2H3. The first-order chi connectivity index (χ1) is 8.19. The Morgan fingerprint density at radius 1 is 1.35 bits per heavy atom. The van der Waals surface area contributed by atoms with Gasteiger partial charge < -0.3 is 15.0 Å². The zero-order chi connectivity index (χ0) is 12.3.